The van der Waals surface area contributed by atoms with Crippen LogP contribution in [0.2, 0.25) is 10.0 Å². The van der Waals surface area contributed by atoms with Crippen molar-refractivity contribution in [2.45, 2.75) is 39.4 Å². The normalized spacial score (nSPS) is 13.7. The molecule has 6 nitrogen and oxygen atoms in total. The second-order valence-electron chi connectivity index (χ2n) is 6.56. The Morgan fingerprint density at radius 2 is 1.76 bits per heavy atom. The van der Waals surface area contributed by atoms with Gasteiger partial charge in [0.25, 0.3) is 0 Å². The van der Waals surface area contributed by atoms with Crippen LogP contribution in [0.25, 0.3) is 0 Å². The lowest BCUT2D eigenvalue weighted by Crippen LogP contribution is -2.32. The number of amides is 1. The summed E-state index contributed by atoms with van der Waals surface area (Å²) in [5, 5.41) is 1.84. The lowest BCUT2D eigenvalue weighted by molar-refractivity contribution is -0.206. The fourth-order valence-electron chi connectivity index (χ4n) is 2.70. The Morgan fingerprint density at radius 3 is 2.31 bits per heavy atom. The van der Waals surface area contributed by atoms with Gasteiger partial charge in [0, 0.05) is 13.3 Å². The number of carbonyl (C=O) groups excluding carboxylic acids is 1. The van der Waals surface area contributed by atoms with E-state index in [2.05, 4.69) is 0 Å². The number of benzene rings is 2. The van der Waals surface area contributed by atoms with Crippen LogP contribution < -0.4 is 4.89 Å². The molecule has 1 amide bonds. The Kier molecular flexibility index (Phi) is 9.03. The highest BCUT2D eigenvalue weighted by atomic mass is 35.5. The third-order valence-corrected chi connectivity index (χ3v) is 5.47. The van der Waals surface area contributed by atoms with Gasteiger partial charge in [-0.25, -0.2) is 5.06 Å². The molecule has 156 valence electrons. The van der Waals surface area contributed by atoms with Gasteiger partial charge in [-0.05, 0) is 41.7 Å². The summed E-state index contributed by atoms with van der Waals surface area (Å²) >= 11 is 11.9. The molecule has 0 bridgehead atoms. The first-order chi connectivity index (χ1) is 13.7. The van der Waals surface area contributed by atoms with Crippen molar-refractivity contribution in [1.82, 2.24) is 5.06 Å². The van der Waals surface area contributed by atoms with Gasteiger partial charge < -0.3 is 4.89 Å². The van der Waals surface area contributed by atoms with Gasteiger partial charge >= 0.3 is 8.25 Å². The zero-order chi connectivity index (χ0) is 21.6. The lowest BCUT2D eigenvalue weighted by Gasteiger charge is -2.26. The van der Waals surface area contributed by atoms with E-state index in [0.29, 0.717) is 10.6 Å². The van der Waals surface area contributed by atoms with Gasteiger partial charge in [0.2, 0.25) is 5.91 Å². The number of halogens is 2. The van der Waals surface area contributed by atoms with Gasteiger partial charge in [-0.3, -0.25) is 9.63 Å². The molecule has 0 aliphatic heterocycles. The van der Waals surface area contributed by atoms with E-state index in [1.54, 1.807) is 18.2 Å². The molecule has 0 aliphatic rings. The van der Waals surface area contributed by atoms with Gasteiger partial charge in [0.1, 0.15) is 12.2 Å². The van der Waals surface area contributed by atoms with Crippen LogP contribution in [0.4, 0.5) is 0 Å². The van der Waals surface area contributed by atoms with Crippen molar-refractivity contribution in [2.75, 3.05) is 6.54 Å². The van der Waals surface area contributed by atoms with Crippen LogP contribution in [-0.2, 0) is 18.7 Å². The van der Waals surface area contributed by atoms with Crippen molar-refractivity contribution >= 4 is 37.4 Å². The standard InChI is InChI=1S/C20H22Cl2NO5P/c1-13-4-6-16(7-5-13)14(2)27-23(15(3)24)11-10-20(28-29(25)26)17-8-9-18(21)19(22)12-17/h4-9,12,14,20H,10-11H2,1-3H3. The number of hydrogen-bond acceptors (Lipinski definition) is 5. The predicted molar refractivity (Wildman–Crippen MR) is 111 cm³/mol. The molecule has 0 saturated carbocycles. The average molecular weight is 458 g/mol. The molecule has 2 rings (SSSR count). The van der Waals surface area contributed by atoms with Crippen molar-refractivity contribution < 1.29 is 23.6 Å². The first kappa shape index (κ1) is 23.7. The number of aryl methyl sites for hydroxylation is 1. The topological polar surface area (TPSA) is 78.9 Å². The van der Waals surface area contributed by atoms with E-state index in [0.717, 1.165) is 11.1 Å². The van der Waals surface area contributed by atoms with E-state index >= 15 is 0 Å². The summed E-state index contributed by atoms with van der Waals surface area (Å²) < 4.78 is 16.2. The SMILES string of the molecule is CC(=O)N(CCC(O[P+](=O)[O-])c1ccc(Cl)c(Cl)c1)OC(C)c1ccc(C)cc1. The zero-order valence-corrected chi connectivity index (χ0v) is 18.7. The molecule has 3 unspecified atom stereocenters. The minimum absolute atomic E-state index is 0.125. The Labute approximate surface area is 181 Å². The highest BCUT2D eigenvalue weighted by Gasteiger charge is 2.24. The first-order valence-electron chi connectivity index (χ1n) is 8.95. The molecule has 0 aliphatic carbocycles. The number of hydroxylamine groups is 2. The molecule has 0 fully saturated rings. The summed E-state index contributed by atoms with van der Waals surface area (Å²) in [6.07, 6.45) is -1.01. The largest absolute Gasteiger partial charge is 0.566 e. The van der Waals surface area contributed by atoms with E-state index in [9.17, 15) is 14.3 Å². The molecule has 29 heavy (non-hydrogen) atoms. The van der Waals surface area contributed by atoms with Crippen molar-refractivity contribution in [3.8, 4) is 0 Å². The average Bonchev–Trinajstić information content (AvgIpc) is 2.66. The third kappa shape index (κ3) is 7.34. The zero-order valence-electron chi connectivity index (χ0n) is 16.3. The number of hydrogen-bond donors (Lipinski definition) is 0. The molecule has 0 N–H and O–H groups in total. The summed E-state index contributed by atoms with van der Waals surface area (Å²) in [7, 11) is -3.10. The smallest absolute Gasteiger partial charge is 0.489 e. The quantitative estimate of drug-likeness (QED) is 0.376. The van der Waals surface area contributed by atoms with Crippen LogP contribution >= 0.6 is 31.5 Å². The minimum atomic E-state index is -3.10. The summed E-state index contributed by atoms with van der Waals surface area (Å²) in [4.78, 5) is 29.0. The molecule has 2 aromatic rings. The van der Waals surface area contributed by atoms with Crippen LogP contribution in [0, 0.1) is 6.92 Å². The number of rotatable bonds is 9. The molecule has 3 atom stereocenters. The van der Waals surface area contributed by atoms with Crippen LogP contribution in [0.5, 0.6) is 0 Å². The van der Waals surface area contributed by atoms with Crippen LogP contribution in [0.3, 0.4) is 0 Å². The summed E-state index contributed by atoms with van der Waals surface area (Å²) in [6.45, 7) is 5.33. The second-order valence-corrected chi connectivity index (χ2v) is 8.03. The molecule has 2 aromatic carbocycles. The molecule has 0 heterocycles. The van der Waals surface area contributed by atoms with E-state index in [-0.39, 0.29) is 30.0 Å². The molecule has 0 spiro atoms. The Balaban J connectivity index is 2.10. The van der Waals surface area contributed by atoms with Crippen molar-refractivity contribution in [1.29, 1.82) is 0 Å². The summed E-state index contributed by atoms with van der Waals surface area (Å²) in [5.41, 5.74) is 2.58. The highest BCUT2D eigenvalue weighted by Crippen LogP contribution is 2.33. The maximum absolute atomic E-state index is 12.0. The monoisotopic (exact) mass is 457 g/mol. The van der Waals surface area contributed by atoms with E-state index < -0.39 is 14.4 Å². The van der Waals surface area contributed by atoms with E-state index in [1.807, 2.05) is 38.1 Å². The molecule has 0 radical (unpaired) electrons. The summed E-state index contributed by atoms with van der Waals surface area (Å²) in [5.74, 6) is -0.302. The highest BCUT2D eigenvalue weighted by molar-refractivity contribution is 7.30. The molecular weight excluding hydrogens is 436 g/mol. The lowest BCUT2D eigenvalue weighted by atomic mass is 10.1. The van der Waals surface area contributed by atoms with Gasteiger partial charge in [-0.15, -0.1) is 4.52 Å². The molecular formula is C20H22Cl2NO5P. The maximum atomic E-state index is 12.0. The van der Waals surface area contributed by atoms with Crippen LogP contribution in [-0.4, -0.2) is 17.5 Å². The fourth-order valence-corrected chi connectivity index (χ4v) is 3.45. The molecule has 9 heteroatoms. The van der Waals surface area contributed by atoms with Gasteiger partial charge in [-0.1, -0.05) is 59.1 Å². The van der Waals surface area contributed by atoms with E-state index in [4.69, 9.17) is 32.6 Å². The van der Waals surface area contributed by atoms with Crippen molar-refractivity contribution in [3.63, 3.8) is 0 Å². The first-order valence-corrected chi connectivity index (χ1v) is 10.8. The maximum Gasteiger partial charge on any atom is 0.489 e. The second kappa shape index (κ2) is 11.0. The fraction of sp³-hybridized carbons (Fsp3) is 0.350. The van der Waals surface area contributed by atoms with Crippen molar-refractivity contribution in [2.24, 2.45) is 0 Å². The van der Waals surface area contributed by atoms with Crippen LogP contribution in [0.15, 0.2) is 42.5 Å². The Bertz CT molecular complexity index is 862. The number of nitrogens with zero attached hydrogens (tertiary/aromatic N) is 1. The van der Waals surface area contributed by atoms with Gasteiger partial charge in [0.05, 0.1) is 16.6 Å². The van der Waals surface area contributed by atoms with Crippen molar-refractivity contribution in [3.05, 3.63) is 69.2 Å². The molecule has 0 aromatic heterocycles. The number of carbonyl (C=O) groups is 1. The van der Waals surface area contributed by atoms with E-state index in [1.165, 1.54) is 12.0 Å². The Hall–Kier alpha value is -1.53. The van der Waals surface area contributed by atoms with Gasteiger partial charge in [0.15, 0.2) is 0 Å². The predicted octanol–water partition coefficient (Wildman–Crippen LogP) is 5.31. The van der Waals surface area contributed by atoms with Crippen LogP contribution in [0.1, 0.15) is 49.2 Å². The Morgan fingerprint density at radius 1 is 1.14 bits per heavy atom. The third-order valence-electron chi connectivity index (χ3n) is 4.31. The minimum Gasteiger partial charge on any atom is -0.566 e. The molecule has 0 saturated heterocycles. The summed E-state index contributed by atoms with van der Waals surface area (Å²) in [6, 6.07) is 12.5. The van der Waals surface area contributed by atoms with Gasteiger partial charge in [-0.2, -0.15) is 0 Å².